The Bertz CT molecular complexity index is 1650. The molecule has 38 heavy (non-hydrogen) atoms. The predicted octanol–water partition coefficient (Wildman–Crippen LogP) is 4.99. The summed E-state index contributed by atoms with van der Waals surface area (Å²) in [5.74, 6) is -0.643. The number of rotatable bonds is 7. The molecule has 5 rings (SSSR count). The van der Waals surface area contributed by atoms with Crippen LogP contribution in [0.1, 0.15) is 37.7 Å². The molecule has 11 heteroatoms. The molecule has 1 N–H and O–H groups in total. The average Bonchev–Trinajstić information content (AvgIpc) is 2.91. The van der Waals surface area contributed by atoms with E-state index in [1.165, 1.54) is 54.5 Å². The van der Waals surface area contributed by atoms with E-state index in [0.29, 0.717) is 34.6 Å². The van der Waals surface area contributed by atoms with E-state index < -0.39 is 27.2 Å². The molecule has 0 bridgehead atoms. The van der Waals surface area contributed by atoms with Gasteiger partial charge in [-0.05, 0) is 48.2 Å². The van der Waals surface area contributed by atoms with Crippen molar-refractivity contribution in [3.63, 3.8) is 0 Å². The fourth-order valence-electron chi connectivity index (χ4n) is 4.97. The normalized spacial score (nSPS) is 14.5. The first-order valence-corrected chi connectivity index (χ1v) is 13.8. The van der Waals surface area contributed by atoms with Crippen LogP contribution in [0, 0.1) is 17.6 Å². The molecule has 198 valence electrons. The van der Waals surface area contributed by atoms with Crippen LogP contribution in [0.2, 0.25) is 0 Å². The van der Waals surface area contributed by atoms with E-state index in [2.05, 4.69) is 14.7 Å². The molecule has 8 nitrogen and oxygen atoms in total. The molecular weight excluding hydrogens is 514 g/mol. The number of fused-ring (bicyclic) bond motifs is 1. The first-order chi connectivity index (χ1) is 18.2. The van der Waals surface area contributed by atoms with Crippen molar-refractivity contribution in [3.8, 4) is 11.4 Å². The number of anilines is 1. The smallest absolute Gasteiger partial charge is 0.264 e. The third-order valence-electron chi connectivity index (χ3n) is 6.84. The van der Waals surface area contributed by atoms with E-state index >= 15 is 4.39 Å². The van der Waals surface area contributed by atoms with Crippen LogP contribution in [0.4, 0.5) is 14.7 Å². The fraction of sp³-hybridized carbons (Fsp3) is 0.296. The van der Waals surface area contributed by atoms with Crippen molar-refractivity contribution < 1.29 is 21.9 Å². The maximum Gasteiger partial charge on any atom is 0.264 e. The van der Waals surface area contributed by atoms with E-state index in [4.69, 9.17) is 4.74 Å². The number of ether oxygens (including phenoxy) is 1. The van der Waals surface area contributed by atoms with Crippen molar-refractivity contribution in [2.24, 2.45) is 5.92 Å². The summed E-state index contributed by atoms with van der Waals surface area (Å²) in [7, 11) is -2.65. The number of halogens is 2. The molecule has 1 saturated carbocycles. The summed E-state index contributed by atoms with van der Waals surface area (Å²) in [5, 5.41) is 0.418. The standard InChI is InChI=1S/C27H26F2N4O4S/c1-37-25-13-19(11-17-5-3-2-4-6-17)22(29)14-24(25)33-23-9-8-21(12-18(23)7-10-26(33)34)38(35,36)32-27-30-15-20(28)16-31-27/h7-10,12-17H,2-6,11H2,1H3,(H,30,31,32). The van der Waals surface area contributed by atoms with Crippen LogP contribution in [-0.4, -0.2) is 30.1 Å². The zero-order valence-corrected chi connectivity index (χ0v) is 21.5. The minimum Gasteiger partial charge on any atom is -0.495 e. The first kappa shape index (κ1) is 25.8. The van der Waals surface area contributed by atoms with Gasteiger partial charge in [0.05, 0.1) is 35.6 Å². The molecule has 2 heterocycles. The number of methoxy groups -OCH3 is 1. The van der Waals surface area contributed by atoms with Crippen LogP contribution in [0.3, 0.4) is 0 Å². The Hall–Kier alpha value is -3.86. The second-order valence-electron chi connectivity index (χ2n) is 9.38. The second-order valence-corrected chi connectivity index (χ2v) is 11.1. The lowest BCUT2D eigenvalue weighted by Crippen LogP contribution is -2.19. The van der Waals surface area contributed by atoms with Gasteiger partial charge >= 0.3 is 0 Å². The summed E-state index contributed by atoms with van der Waals surface area (Å²) in [4.78, 5) is 20.1. The number of pyridine rings is 1. The highest BCUT2D eigenvalue weighted by atomic mass is 32.2. The van der Waals surface area contributed by atoms with Crippen molar-refractivity contribution in [3.05, 3.63) is 82.4 Å². The van der Waals surface area contributed by atoms with Gasteiger partial charge in [0.25, 0.3) is 15.6 Å². The summed E-state index contributed by atoms with van der Waals surface area (Å²) in [5.41, 5.74) is 0.713. The van der Waals surface area contributed by atoms with Gasteiger partial charge in [0.2, 0.25) is 5.95 Å². The van der Waals surface area contributed by atoms with Gasteiger partial charge in [-0.1, -0.05) is 32.1 Å². The molecule has 4 aromatic rings. The predicted molar refractivity (Wildman–Crippen MR) is 139 cm³/mol. The molecule has 0 radical (unpaired) electrons. The SMILES string of the molecule is COc1cc(CC2CCCCC2)c(F)cc1-n1c(=O)ccc2cc(S(=O)(=O)Nc3ncc(F)cn3)ccc21. The van der Waals surface area contributed by atoms with Crippen LogP contribution >= 0.6 is 0 Å². The van der Waals surface area contributed by atoms with Crippen molar-refractivity contribution in [1.29, 1.82) is 0 Å². The molecule has 1 aliphatic carbocycles. The Kier molecular flexibility index (Phi) is 7.11. The lowest BCUT2D eigenvalue weighted by molar-refractivity contribution is 0.351. The van der Waals surface area contributed by atoms with Gasteiger partial charge in [-0.3, -0.25) is 9.36 Å². The molecule has 0 unspecified atom stereocenters. The van der Waals surface area contributed by atoms with E-state index in [-0.39, 0.29) is 16.5 Å². The van der Waals surface area contributed by atoms with E-state index in [9.17, 15) is 17.6 Å². The highest BCUT2D eigenvalue weighted by Gasteiger charge is 2.21. The van der Waals surface area contributed by atoms with Gasteiger partial charge in [-0.15, -0.1) is 0 Å². The van der Waals surface area contributed by atoms with Crippen LogP contribution in [0.5, 0.6) is 5.75 Å². The summed E-state index contributed by atoms with van der Waals surface area (Å²) >= 11 is 0. The van der Waals surface area contributed by atoms with Crippen molar-refractivity contribution in [2.45, 2.75) is 43.4 Å². The molecule has 1 fully saturated rings. The van der Waals surface area contributed by atoms with Crippen molar-refractivity contribution in [2.75, 3.05) is 11.8 Å². The summed E-state index contributed by atoms with van der Waals surface area (Å²) in [6.07, 6.45) is 7.95. The zero-order valence-electron chi connectivity index (χ0n) is 20.7. The first-order valence-electron chi connectivity index (χ1n) is 12.3. The Balaban J connectivity index is 1.53. The topological polar surface area (TPSA) is 103 Å². The van der Waals surface area contributed by atoms with Crippen LogP contribution in [-0.2, 0) is 16.4 Å². The Morgan fingerprint density at radius 3 is 2.47 bits per heavy atom. The number of nitrogens with zero attached hydrogens (tertiary/aromatic N) is 3. The van der Waals surface area contributed by atoms with E-state index in [0.717, 1.165) is 38.1 Å². The van der Waals surface area contributed by atoms with Crippen molar-refractivity contribution in [1.82, 2.24) is 14.5 Å². The van der Waals surface area contributed by atoms with Crippen LogP contribution in [0.15, 0.2) is 64.5 Å². The van der Waals surface area contributed by atoms with Gasteiger partial charge in [0, 0.05) is 17.5 Å². The fourth-order valence-corrected chi connectivity index (χ4v) is 5.96. The molecule has 0 saturated heterocycles. The lowest BCUT2D eigenvalue weighted by Gasteiger charge is -2.22. The van der Waals surface area contributed by atoms with Gasteiger partial charge < -0.3 is 4.74 Å². The minimum absolute atomic E-state index is 0.121. The summed E-state index contributed by atoms with van der Waals surface area (Å²) in [6.45, 7) is 0. The van der Waals surface area contributed by atoms with Gasteiger partial charge in [-0.25, -0.2) is 31.9 Å². The minimum atomic E-state index is -4.11. The monoisotopic (exact) mass is 540 g/mol. The highest BCUT2D eigenvalue weighted by molar-refractivity contribution is 7.92. The quantitative estimate of drug-likeness (QED) is 0.354. The molecule has 0 aliphatic heterocycles. The molecule has 1 aliphatic rings. The van der Waals surface area contributed by atoms with Crippen molar-refractivity contribution >= 4 is 26.9 Å². The van der Waals surface area contributed by atoms with Gasteiger partial charge in [-0.2, -0.15) is 0 Å². The van der Waals surface area contributed by atoms with Crippen LogP contribution < -0.4 is 15.0 Å². The third-order valence-corrected chi connectivity index (χ3v) is 8.17. The summed E-state index contributed by atoms with van der Waals surface area (Å²) in [6, 6.07) is 9.86. The molecule has 0 spiro atoms. The maximum absolute atomic E-state index is 15.3. The Morgan fingerprint density at radius 2 is 1.76 bits per heavy atom. The molecule has 2 aromatic heterocycles. The second kappa shape index (κ2) is 10.5. The van der Waals surface area contributed by atoms with Gasteiger partial charge in [0.15, 0.2) is 5.82 Å². The third kappa shape index (κ3) is 5.24. The largest absolute Gasteiger partial charge is 0.495 e. The maximum atomic E-state index is 15.3. The number of hydrogen-bond donors (Lipinski definition) is 1. The Morgan fingerprint density at radius 1 is 1.03 bits per heavy atom. The van der Waals surface area contributed by atoms with E-state index in [1.54, 1.807) is 6.07 Å². The van der Waals surface area contributed by atoms with Gasteiger partial charge in [0.1, 0.15) is 11.6 Å². The molecule has 0 atom stereocenters. The molecule has 2 aromatic carbocycles. The number of benzene rings is 2. The van der Waals surface area contributed by atoms with Crippen LogP contribution in [0.25, 0.3) is 16.6 Å². The summed E-state index contributed by atoms with van der Waals surface area (Å²) < 4.78 is 63.2. The average molecular weight is 541 g/mol. The number of hydrogen-bond acceptors (Lipinski definition) is 6. The Labute approximate surface area is 218 Å². The highest BCUT2D eigenvalue weighted by Crippen LogP contribution is 2.33. The molecular formula is C27H26F2N4O4S. The number of nitrogens with one attached hydrogen (secondary N) is 1. The van der Waals surface area contributed by atoms with E-state index in [1.807, 2.05) is 0 Å². The molecule has 0 amide bonds. The number of aromatic nitrogens is 3. The zero-order chi connectivity index (χ0) is 26.9. The number of sulfonamides is 1. The lowest BCUT2D eigenvalue weighted by atomic mass is 9.84.